The number of guanidine groups is 1. The first-order valence-corrected chi connectivity index (χ1v) is 9.25. The number of fused-ring (bicyclic) bond motifs is 1. The second kappa shape index (κ2) is 8.58. The van der Waals surface area contributed by atoms with Crippen molar-refractivity contribution in [3.05, 3.63) is 29.3 Å². The fourth-order valence-electron chi connectivity index (χ4n) is 3.24. The molecule has 128 valence electrons. The highest BCUT2D eigenvalue weighted by Crippen LogP contribution is 2.34. The standard InChI is InChI=1S/C17H25N3OS.HI/c1-22-17(7-9-21-10-8-17)12-19-16(18)20-15-6-5-13-3-2-4-14(13)11-15;/h5-6,11H,2-4,7-10,12H2,1H3,(H3,18,19,20);1H. The Labute approximate surface area is 160 Å². The number of nitrogens with zero attached hydrogens (tertiary/aromatic N) is 1. The Morgan fingerprint density at radius 2 is 2.04 bits per heavy atom. The highest BCUT2D eigenvalue weighted by molar-refractivity contribution is 14.0. The zero-order chi connectivity index (χ0) is 15.4. The summed E-state index contributed by atoms with van der Waals surface area (Å²) < 4.78 is 5.65. The molecule has 0 unspecified atom stereocenters. The first-order chi connectivity index (χ1) is 10.7. The van der Waals surface area contributed by atoms with E-state index in [1.54, 1.807) is 0 Å². The van der Waals surface area contributed by atoms with Gasteiger partial charge in [0.2, 0.25) is 0 Å². The van der Waals surface area contributed by atoms with Gasteiger partial charge in [0.1, 0.15) is 0 Å². The molecule has 1 aliphatic carbocycles. The summed E-state index contributed by atoms with van der Waals surface area (Å²) in [5.74, 6) is 0.512. The van der Waals surface area contributed by atoms with Crippen LogP contribution in [0.5, 0.6) is 0 Å². The van der Waals surface area contributed by atoms with Crippen molar-refractivity contribution in [3.8, 4) is 0 Å². The minimum Gasteiger partial charge on any atom is -0.381 e. The van der Waals surface area contributed by atoms with Crippen LogP contribution in [0.15, 0.2) is 23.2 Å². The van der Waals surface area contributed by atoms with Crippen LogP contribution in [0.4, 0.5) is 5.69 Å². The summed E-state index contributed by atoms with van der Waals surface area (Å²) in [4.78, 5) is 4.59. The van der Waals surface area contributed by atoms with Crippen molar-refractivity contribution >= 4 is 47.4 Å². The van der Waals surface area contributed by atoms with Gasteiger partial charge in [0.05, 0.1) is 6.54 Å². The summed E-state index contributed by atoms with van der Waals surface area (Å²) >= 11 is 1.89. The van der Waals surface area contributed by atoms with E-state index < -0.39 is 0 Å². The molecule has 0 saturated carbocycles. The summed E-state index contributed by atoms with van der Waals surface area (Å²) in [5, 5.41) is 3.24. The van der Waals surface area contributed by atoms with Gasteiger partial charge in [-0.25, -0.2) is 0 Å². The SMILES string of the molecule is CSC1(CN=C(N)Nc2ccc3c(c2)CCC3)CCOCC1.I. The molecular formula is C17H26IN3OS. The van der Waals surface area contributed by atoms with E-state index in [2.05, 4.69) is 34.8 Å². The topological polar surface area (TPSA) is 59.6 Å². The molecule has 0 spiro atoms. The number of hydrogen-bond acceptors (Lipinski definition) is 3. The number of halogens is 1. The zero-order valence-electron chi connectivity index (χ0n) is 13.6. The monoisotopic (exact) mass is 447 g/mol. The lowest BCUT2D eigenvalue weighted by molar-refractivity contribution is 0.0794. The van der Waals surface area contributed by atoms with Gasteiger partial charge < -0.3 is 15.8 Å². The van der Waals surface area contributed by atoms with Crippen LogP contribution in [0.3, 0.4) is 0 Å². The van der Waals surface area contributed by atoms with Gasteiger partial charge in [-0.15, -0.1) is 24.0 Å². The van der Waals surface area contributed by atoms with Gasteiger partial charge in [0.15, 0.2) is 5.96 Å². The predicted octanol–water partition coefficient (Wildman–Crippen LogP) is 3.43. The fraction of sp³-hybridized carbons (Fsp3) is 0.588. The third kappa shape index (κ3) is 4.76. The number of nitrogens with two attached hydrogens (primary N) is 1. The molecule has 1 heterocycles. The van der Waals surface area contributed by atoms with E-state index in [9.17, 15) is 0 Å². The first kappa shape index (κ1) is 18.9. The molecule has 1 aromatic carbocycles. The smallest absolute Gasteiger partial charge is 0.193 e. The lowest BCUT2D eigenvalue weighted by atomic mass is 9.99. The van der Waals surface area contributed by atoms with E-state index in [0.29, 0.717) is 5.96 Å². The molecule has 0 atom stereocenters. The van der Waals surface area contributed by atoms with Crippen LogP contribution in [0.25, 0.3) is 0 Å². The normalized spacial score (nSPS) is 19.8. The molecule has 1 fully saturated rings. The van der Waals surface area contributed by atoms with Gasteiger partial charge in [-0.05, 0) is 61.6 Å². The molecule has 4 nitrogen and oxygen atoms in total. The second-order valence-electron chi connectivity index (χ2n) is 6.16. The van der Waals surface area contributed by atoms with Gasteiger partial charge in [0, 0.05) is 23.6 Å². The molecule has 0 aromatic heterocycles. The van der Waals surface area contributed by atoms with Crippen LogP contribution in [0.2, 0.25) is 0 Å². The highest BCUT2D eigenvalue weighted by atomic mass is 127. The lowest BCUT2D eigenvalue weighted by Gasteiger charge is -2.34. The number of benzene rings is 1. The molecule has 1 aliphatic heterocycles. The third-order valence-corrected chi connectivity index (χ3v) is 6.15. The minimum atomic E-state index is 0. The predicted molar refractivity (Wildman–Crippen MR) is 110 cm³/mol. The molecule has 0 bridgehead atoms. The average Bonchev–Trinajstić information content (AvgIpc) is 3.01. The zero-order valence-corrected chi connectivity index (χ0v) is 16.8. The second-order valence-corrected chi connectivity index (χ2v) is 7.44. The number of hydrogen-bond donors (Lipinski definition) is 2. The van der Waals surface area contributed by atoms with E-state index in [1.807, 2.05) is 11.8 Å². The van der Waals surface area contributed by atoms with Gasteiger partial charge >= 0.3 is 0 Å². The number of ether oxygens (including phenoxy) is 1. The lowest BCUT2D eigenvalue weighted by Crippen LogP contribution is -2.37. The van der Waals surface area contributed by atoms with Crippen LogP contribution in [0, 0.1) is 0 Å². The van der Waals surface area contributed by atoms with Gasteiger partial charge in [-0.1, -0.05) is 6.07 Å². The summed E-state index contributed by atoms with van der Waals surface area (Å²) in [6, 6.07) is 6.52. The highest BCUT2D eigenvalue weighted by Gasteiger charge is 2.31. The molecule has 6 heteroatoms. The number of rotatable bonds is 4. The van der Waals surface area contributed by atoms with Crippen molar-refractivity contribution in [2.45, 2.75) is 36.9 Å². The molecule has 3 N–H and O–H groups in total. The van der Waals surface area contributed by atoms with Gasteiger partial charge in [-0.3, -0.25) is 4.99 Å². The molecule has 1 aromatic rings. The molecule has 23 heavy (non-hydrogen) atoms. The summed E-state index contributed by atoms with van der Waals surface area (Å²) in [6.45, 7) is 2.41. The molecule has 2 aliphatic rings. The van der Waals surface area contributed by atoms with Crippen LogP contribution >= 0.6 is 35.7 Å². The van der Waals surface area contributed by atoms with Crippen LogP contribution in [-0.4, -0.2) is 36.7 Å². The number of thioether (sulfide) groups is 1. The van der Waals surface area contributed by atoms with Crippen molar-refractivity contribution in [2.24, 2.45) is 10.7 Å². The molecule has 1 saturated heterocycles. The quantitative estimate of drug-likeness (QED) is 0.422. The Morgan fingerprint density at radius 3 is 2.78 bits per heavy atom. The van der Waals surface area contributed by atoms with Crippen LogP contribution in [0.1, 0.15) is 30.4 Å². The van der Waals surface area contributed by atoms with Crippen molar-refractivity contribution in [1.82, 2.24) is 0 Å². The maximum atomic E-state index is 6.08. The number of aryl methyl sites for hydroxylation is 2. The Bertz CT molecular complexity index is 559. The summed E-state index contributed by atoms with van der Waals surface area (Å²) in [7, 11) is 0. The van der Waals surface area contributed by atoms with Crippen molar-refractivity contribution in [3.63, 3.8) is 0 Å². The van der Waals surface area contributed by atoms with E-state index in [0.717, 1.165) is 38.3 Å². The molecular weight excluding hydrogens is 421 g/mol. The molecule has 0 radical (unpaired) electrons. The summed E-state index contributed by atoms with van der Waals surface area (Å²) in [5.41, 5.74) is 10.1. The minimum absolute atomic E-state index is 0. The first-order valence-electron chi connectivity index (χ1n) is 8.02. The van der Waals surface area contributed by atoms with Crippen molar-refractivity contribution in [2.75, 3.05) is 31.3 Å². The van der Waals surface area contributed by atoms with Crippen molar-refractivity contribution < 1.29 is 4.74 Å². The van der Waals surface area contributed by atoms with Gasteiger partial charge in [-0.2, -0.15) is 11.8 Å². The Balaban J connectivity index is 0.00000192. The fourth-order valence-corrected chi connectivity index (χ4v) is 4.01. The summed E-state index contributed by atoms with van der Waals surface area (Å²) in [6.07, 6.45) is 7.90. The van der Waals surface area contributed by atoms with E-state index >= 15 is 0 Å². The van der Waals surface area contributed by atoms with E-state index in [-0.39, 0.29) is 28.7 Å². The maximum absolute atomic E-state index is 6.08. The molecule has 0 amide bonds. The number of nitrogens with one attached hydrogen (secondary N) is 1. The maximum Gasteiger partial charge on any atom is 0.193 e. The largest absolute Gasteiger partial charge is 0.381 e. The van der Waals surface area contributed by atoms with E-state index in [4.69, 9.17) is 10.5 Å². The van der Waals surface area contributed by atoms with E-state index in [1.165, 1.54) is 30.4 Å². The average molecular weight is 447 g/mol. The Kier molecular flexibility index (Phi) is 7.03. The van der Waals surface area contributed by atoms with Gasteiger partial charge in [0.25, 0.3) is 0 Å². The van der Waals surface area contributed by atoms with Crippen molar-refractivity contribution in [1.29, 1.82) is 0 Å². The van der Waals surface area contributed by atoms with Crippen LogP contribution in [-0.2, 0) is 17.6 Å². The van der Waals surface area contributed by atoms with Crippen LogP contribution < -0.4 is 11.1 Å². The molecule has 3 rings (SSSR count). The number of anilines is 1. The number of aliphatic imine (C=N–C) groups is 1. The Morgan fingerprint density at radius 1 is 1.30 bits per heavy atom. The Hall–Kier alpha value is -0.470. The third-order valence-electron chi connectivity index (χ3n) is 4.75.